The van der Waals surface area contributed by atoms with Crippen LogP contribution in [0.15, 0.2) is 0 Å². The van der Waals surface area contributed by atoms with E-state index in [1.54, 1.807) is 0 Å². The second-order valence-corrected chi connectivity index (χ2v) is 12.6. The minimum atomic E-state index is -0.226. The monoisotopic (exact) mass is 546 g/mol. The Kier molecular flexibility index (Phi) is 14.6. The maximum Gasteiger partial charge on any atom is 0.457 e. The van der Waals surface area contributed by atoms with Gasteiger partial charge in [-0.05, 0) is 19.0 Å². The molecule has 1 saturated carbocycles. The average molecular weight is 546 g/mol. The normalized spacial score (nSPS) is 29.8. The lowest BCUT2D eigenvalue weighted by Gasteiger charge is -2.55. The first kappa shape index (κ1) is 31.9. The Morgan fingerprint density at radius 3 is 0.744 bits per heavy atom. The molecule has 6 bridgehead atoms. The van der Waals surface area contributed by atoms with E-state index in [-0.39, 0.29) is 58.0 Å². The van der Waals surface area contributed by atoms with Crippen molar-refractivity contribution in [1.29, 1.82) is 0 Å². The van der Waals surface area contributed by atoms with Gasteiger partial charge in [0.2, 0.25) is 0 Å². The van der Waals surface area contributed by atoms with Crippen LogP contribution in [-0.2, 0) is 27.9 Å². The smallest absolute Gasteiger partial charge is 0.403 e. The third kappa shape index (κ3) is 9.48. The molecule has 0 amide bonds. The minimum Gasteiger partial charge on any atom is -0.403 e. The molecule has 39 heavy (non-hydrogen) atoms. The third-order valence-corrected chi connectivity index (χ3v) is 9.18. The summed E-state index contributed by atoms with van der Waals surface area (Å²) >= 11 is 0. The van der Waals surface area contributed by atoms with Crippen LogP contribution in [0.2, 0.25) is 19.0 Å². The van der Waals surface area contributed by atoms with Gasteiger partial charge in [0.05, 0.1) is 36.6 Å². The van der Waals surface area contributed by atoms with Crippen molar-refractivity contribution < 1.29 is 27.9 Å². The first-order valence-electron chi connectivity index (χ1n) is 17.2. The molecular weight excluding hydrogens is 489 g/mol. The van der Waals surface area contributed by atoms with Gasteiger partial charge in [-0.2, -0.15) is 0 Å². The van der Waals surface area contributed by atoms with Gasteiger partial charge < -0.3 is 27.9 Å². The lowest BCUT2D eigenvalue weighted by atomic mass is 9.70. The Bertz CT molecular complexity index is 590. The van der Waals surface area contributed by atoms with Crippen LogP contribution in [0.1, 0.15) is 136 Å². The van der Waals surface area contributed by atoms with Gasteiger partial charge in [-0.1, -0.05) is 136 Å². The summed E-state index contributed by atoms with van der Waals surface area (Å²) in [5.74, 6) is 0. The van der Waals surface area contributed by atoms with Crippen molar-refractivity contribution in [2.45, 2.75) is 192 Å². The average Bonchev–Trinajstić information content (AvgIpc) is 3.20. The number of fused-ring (bicyclic) bond motifs is 2. The molecule has 4 aliphatic heterocycles. The van der Waals surface area contributed by atoms with Gasteiger partial charge in [0.1, 0.15) is 0 Å². The molecule has 222 valence electrons. The number of hydrogen-bond acceptors (Lipinski definition) is 6. The fraction of sp³-hybridized carbons (Fsp3) is 1.00. The SMILES string of the molecule is CCCCCCCCB1OC2[C@H]3OB(CCCCCCCC)O[C@@H]2[C@@H]2OB(CCCCCCCC)O[C@H]3C2O1. The van der Waals surface area contributed by atoms with Crippen LogP contribution < -0.4 is 0 Å². The van der Waals surface area contributed by atoms with E-state index in [4.69, 9.17) is 27.9 Å². The maximum absolute atomic E-state index is 6.61. The van der Waals surface area contributed by atoms with Gasteiger partial charge >= 0.3 is 21.4 Å². The molecule has 4 saturated heterocycles. The second-order valence-electron chi connectivity index (χ2n) is 12.6. The Hall–Kier alpha value is -0.0452. The van der Waals surface area contributed by atoms with Crippen LogP contribution >= 0.6 is 0 Å². The van der Waals surface area contributed by atoms with Gasteiger partial charge in [0.25, 0.3) is 0 Å². The molecule has 4 heterocycles. The molecule has 0 radical (unpaired) electrons. The van der Waals surface area contributed by atoms with Crippen molar-refractivity contribution in [3.05, 3.63) is 0 Å². The molecule has 5 rings (SSSR count). The molecule has 5 aliphatic rings. The predicted octanol–water partition coefficient (Wildman–Crippen LogP) is 7.90. The van der Waals surface area contributed by atoms with Crippen molar-refractivity contribution in [2.24, 2.45) is 0 Å². The van der Waals surface area contributed by atoms with E-state index in [1.807, 2.05) is 0 Å². The summed E-state index contributed by atoms with van der Waals surface area (Å²) in [5.41, 5.74) is 0. The van der Waals surface area contributed by atoms with E-state index < -0.39 is 0 Å². The number of rotatable bonds is 21. The first-order chi connectivity index (χ1) is 19.2. The Morgan fingerprint density at radius 1 is 0.308 bits per heavy atom. The molecule has 5 fully saturated rings. The highest BCUT2D eigenvalue weighted by molar-refractivity contribution is 6.47. The number of unbranched alkanes of at least 4 members (excludes halogenated alkanes) is 15. The first-order valence-corrected chi connectivity index (χ1v) is 17.2. The highest BCUT2D eigenvalue weighted by Gasteiger charge is 2.65. The van der Waals surface area contributed by atoms with E-state index in [9.17, 15) is 0 Å². The van der Waals surface area contributed by atoms with Gasteiger partial charge in [0, 0.05) is 0 Å². The summed E-state index contributed by atoms with van der Waals surface area (Å²) in [6.45, 7) is 6.80. The standard InChI is InChI=1S/C30H57B3O6/c1-4-7-10-13-16-19-22-31-34-25-27-30-28(37-32(36-27)23-20-17-14-11-8-5-2)26(35-31)29(25)38-33(39-30)24-21-18-15-12-9-6-3/h25-30H,4-24H2,1-3H3/t25-,26+,27+,28-,29?,30?. The molecule has 0 N–H and O–H groups in total. The fourth-order valence-corrected chi connectivity index (χ4v) is 6.88. The lowest BCUT2D eigenvalue weighted by Crippen LogP contribution is -2.74. The van der Waals surface area contributed by atoms with E-state index in [2.05, 4.69) is 20.8 Å². The highest BCUT2D eigenvalue weighted by Crippen LogP contribution is 2.44. The molecule has 0 atom stereocenters. The molecule has 0 aromatic heterocycles. The zero-order valence-electron chi connectivity index (χ0n) is 25.5. The van der Waals surface area contributed by atoms with Gasteiger partial charge in [-0.25, -0.2) is 0 Å². The van der Waals surface area contributed by atoms with Crippen LogP contribution in [0.4, 0.5) is 0 Å². The molecule has 0 aromatic rings. The van der Waals surface area contributed by atoms with E-state index >= 15 is 0 Å². The maximum atomic E-state index is 6.61. The molecule has 1 aliphatic carbocycles. The zero-order valence-corrected chi connectivity index (χ0v) is 25.5. The summed E-state index contributed by atoms with van der Waals surface area (Å²) in [6.07, 6.45) is 24.7. The van der Waals surface area contributed by atoms with Crippen molar-refractivity contribution in [3.8, 4) is 0 Å². The van der Waals surface area contributed by atoms with Crippen LogP contribution in [0.25, 0.3) is 0 Å². The quantitative estimate of drug-likeness (QED) is 0.108. The topological polar surface area (TPSA) is 55.4 Å². The van der Waals surface area contributed by atoms with Crippen molar-refractivity contribution in [3.63, 3.8) is 0 Å². The van der Waals surface area contributed by atoms with Gasteiger partial charge in [-0.3, -0.25) is 0 Å². The molecule has 0 unspecified atom stereocenters. The van der Waals surface area contributed by atoms with Gasteiger partial charge in [0.15, 0.2) is 0 Å². The van der Waals surface area contributed by atoms with Crippen molar-refractivity contribution in [2.75, 3.05) is 0 Å². The second kappa shape index (κ2) is 17.8. The summed E-state index contributed by atoms with van der Waals surface area (Å²) in [7, 11) is -0.625. The van der Waals surface area contributed by atoms with Crippen molar-refractivity contribution >= 4 is 21.4 Å². The fourth-order valence-electron chi connectivity index (χ4n) is 6.88. The summed E-state index contributed by atoms with van der Waals surface area (Å²) in [4.78, 5) is 0. The Balaban J connectivity index is 1.31. The summed E-state index contributed by atoms with van der Waals surface area (Å²) < 4.78 is 39.6. The Morgan fingerprint density at radius 2 is 0.513 bits per heavy atom. The summed E-state index contributed by atoms with van der Waals surface area (Å²) in [6, 6.07) is 0. The zero-order chi connectivity index (χ0) is 27.3. The molecule has 0 spiro atoms. The van der Waals surface area contributed by atoms with Crippen LogP contribution in [0, 0.1) is 0 Å². The summed E-state index contributed by atoms with van der Waals surface area (Å²) in [5, 5.41) is 0. The lowest BCUT2D eigenvalue weighted by molar-refractivity contribution is -0.226. The molecule has 6 nitrogen and oxygen atoms in total. The minimum absolute atomic E-state index is 0.138. The van der Waals surface area contributed by atoms with E-state index in [0.29, 0.717) is 0 Å². The van der Waals surface area contributed by atoms with Crippen LogP contribution in [0.3, 0.4) is 0 Å². The highest BCUT2D eigenvalue weighted by atomic mass is 16.7. The predicted molar refractivity (Wildman–Crippen MR) is 161 cm³/mol. The third-order valence-electron chi connectivity index (χ3n) is 9.18. The molecular formula is C30H57B3O6. The van der Waals surface area contributed by atoms with E-state index in [1.165, 1.54) is 96.3 Å². The molecule has 0 aromatic carbocycles. The number of hydrogen-bond donors (Lipinski definition) is 0. The molecule has 9 heteroatoms. The van der Waals surface area contributed by atoms with E-state index in [0.717, 1.165) is 38.2 Å². The van der Waals surface area contributed by atoms with Gasteiger partial charge in [-0.15, -0.1) is 0 Å². The van der Waals surface area contributed by atoms with Crippen LogP contribution in [0.5, 0.6) is 0 Å². The largest absolute Gasteiger partial charge is 0.457 e. The Labute approximate surface area is 241 Å². The van der Waals surface area contributed by atoms with Crippen LogP contribution in [-0.4, -0.2) is 58.0 Å². The van der Waals surface area contributed by atoms with Crippen molar-refractivity contribution in [1.82, 2.24) is 0 Å².